The van der Waals surface area contributed by atoms with Crippen LogP contribution in [0.4, 0.5) is 5.69 Å². The van der Waals surface area contributed by atoms with Crippen molar-refractivity contribution in [3.05, 3.63) is 59.4 Å². The zero-order valence-corrected chi connectivity index (χ0v) is 12.9. The summed E-state index contributed by atoms with van der Waals surface area (Å²) in [6, 6.07) is 11.6. The molecule has 1 heterocycles. The second-order valence-electron chi connectivity index (χ2n) is 5.43. The largest absolute Gasteiger partial charge is 0.506 e. The smallest absolute Gasteiger partial charge is 0.307 e. The molecule has 0 spiro atoms. The van der Waals surface area contributed by atoms with Crippen molar-refractivity contribution in [1.29, 1.82) is 0 Å². The molecule has 1 aromatic heterocycles. The van der Waals surface area contributed by atoms with Crippen LogP contribution in [-0.4, -0.2) is 22.1 Å². The molecule has 0 saturated carbocycles. The lowest BCUT2D eigenvalue weighted by Gasteiger charge is -2.08. The topological polar surface area (TPSA) is 99.8 Å². The fourth-order valence-corrected chi connectivity index (χ4v) is 2.54. The average Bonchev–Trinajstić information content (AvgIpc) is 2.88. The van der Waals surface area contributed by atoms with Gasteiger partial charge in [0.15, 0.2) is 5.76 Å². The van der Waals surface area contributed by atoms with Crippen molar-refractivity contribution in [3.8, 4) is 5.75 Å². The fourth-order valence-electron chi connectivity index (χ4n) is 2.54. The average molecular weight is 325 g/mol. The van der Waals surface area contributed by atoms with Gasteiger partial charge in [-0.15, -0.1) is 0 Å². The van der Waals surface area contributed by atoms with Crippen LogP contribution in [0.5, 0.6) is 5.75 Å². The Morgan fingerprint density at radius 3 is 2.62 bits per heavy atom. The lowest BCUT2D eigenvalue weighted by Crippen LogP contribution is -2.12. The normalized spacial score (nSPS) is 10.7. The van der Waals surface area contributed by atoms with Crippen LogP contribution in [-0.2, 0) is 11.2 Å². The number of amides is 1. The van der Waals surface area contributed by atoms with Gasteiger partial charge in [0.25, 0.3) is 5.91 Å². The van der Waals surface area contributed by atoms with E-state index >= 15 is 0 Å². The van der Waals surface area contributed by atoms with E-state index in [9.17, 15) is 14.7 Å². The van der Waals surface area contributed by atoms with Gasteiger partial charge in [-0.05, 0) is 30.7 Å². The van der Waals surface area contributed by atoms with E-state index in [1.165, 1.54) is 18.2 Å². The van der Waals surface area contributed by atoms with Crippen molar-refractivity contribution in [2.75, 3.05) is 5.32 Å². The van der Waals surface area contributed by atoms with Gasteiger partial charge in [0.2, 0.25) is 0 Å². The molecule has 122 valence electrons. The number of hydrogen-bond acceptors (Lipinski definition) is 4. The van der Waals surface area contributed by atoms with E-state index in [1.807, 2.05) is 18.2 Å². The summed E-state index contributed by atoms with van der Waals surface area (Å²) in [5.41, 5.74) is 1.91. The predicted molar refractivity (Wildman–Crippen MR) is 88.4 cm³/mol. The number of carboxylic acids is 1. The zero-order valence-electron chi connectivity index (χ0n) is 12.9. The molecule has 0 atom stereocenters. The number of carbonyl (C=O) groups is 2. The fraction of sp³-hybridized carbons (Fsp3) is 0.111. The van der Waals surface area contributed by atoms with E-state index in [2.05, 4.69) is 5.32 Å². The molecule has 0 bridgehead atoms. The molecule has 6 heteroatoms. The third-order valence-corrected chi connectivity index (χ3v) is 3.71. The molecule has 2 aromatic carbocycles. The molecule has 1 amide bonds. The lowest BCUT2D eigenvalue weighted by atomic mass is 10.1. The molecular formula is C18H15NO5. The number of furan rings is 1. The summed E-state index contributed by atoms with van der Waals surface area (Å²) in [5, 5.41) is 22.1. The summed E-state index contributed by atoms with van der Waals surface area (Å²) in [4.78, 5) is 23.2. The third kappa shape index (κ3) is 2.94. The summed E-state index contributed by atoms with van der Waals surface area (Å²) >= 11 is 0. The van der Waals surface area contributed by atoms with Crippen LogP contribution >= 0.6 is 0 Å². The predicted octanol–water partition coefficient (Wildman–Crippen LogP) is 3.33. The minimum absolute atomic E-state index is 0.138. The molecule has 3 rings (SSSR count). The van der Waals surface area contributed by atoms with Crippen LogP contribution in [0.3, 0.4) is 0 Å². The highest BCUT2D eigenvalue weighted by Crippen LogP contribution is 2.28. The molecule has 6 nitrogen and oxygen atoms in total. The van der Waals surface area contributed by atoms with Gasteiger partial charge in [-0.25, -0.2) is 0 Å². The molecule has 0 saturated heterocycles. The van der Waals surface area contributed by atoms with Crippen LogP contribution in [0, 0.1) is 6.92 Å². The number of phenols is 1. The maximum absolute atomic E-state index is 12.5. The van der Waals surface area contributed by atoms with E-state index in [0.717, 1.165) is 5.39 Å². The van der Waals surface area contributed by atoms with Crippen LogP contribution in [0.1, 0.15) is 21.7 Å². The number of rotatable bonds is 4. The number of anilines is 1. The third-order valence-electron chi connectivity index (χ3n) is 3.71. The van der Waals surface area contributed by atoms with E-state index in [-0.39, 0.29) is 23.6 Å². The van der Waals surface area contributed by atoms with Gasteiger partial charge in [0.1, 0.15) is 11.3 Å². The maximum atomic E-state index is 12.5. The summed E-state index contributed by atoms with van der Waals surface area (Å²) in [7, 11) is 0. The molecule has 0 unspecified atom stereocenters. The van der Waals surface area contributed by atoms with Crippen molar-refractivity contribution in [3.63, 3.8) is 0 Å². The molecule has 0 radical (unpaired) electrons. The van der Waals surface area contributed by atoms with Crippen molar-refractivity contribution in [2.24, 2.45) is 0 Å². The molecule has 0 aliphatic rings. The summed E-state index contributed by atoms with van der Waals surface area (Å²) in [6.45, 7) is 1.78. The summed E-state index contributed by atoms with van der Waals surface area (Å²) in [5.74, 6) is -1.50. The summed E-state index contributed by atoms with van der Waals surface area (Å²) < 4.78 is 5.58. The van der Waals surface area contributed by atoms with Crippen molar-refractivity contribution in [1.82, 2.24) is 0 Å². The highest BCUT2D eigenvalue weighted by Gasteiger charge is 2.18. The van der Waals surface area contributed by atoms with E-state index in [0.29, 0.717) is 16.7 Å². The quantitative estimate of drug-likeness (QED) is 0.639. The van der Waals surface area contributed by atoms with Gasteiger partial charge in [-0.3, -0.25) is 9.59 Å². The van der Waals surface area contributed by atoms with Gasteiger partial charge >= 0.3 is 5.97 Å². The molecule has 24 heavy (non-hydrogen) atoms. The van der Waals surface area contributed by atoms with Gasteiger partial charge < -0.3 is 19.9 Å². The SMILES string of the molecule is Cc1c(C(=O)Nc2cc(CC(=O)O)ccc2O)oc2ccccc12. The van der Waals surface area contributed by atoms with Crippen LogP contribution in [0.2, 0.25) is 0 Å². The first kappa shape index (κ1) is 15.6. The maximum Gasteiger partial charge on any atom is 0.307 e. The molecular weight excluding hydrogens is 310 g/mol. The number of benzene rings is 2. The Balaban J connectivity index is 1.91. The van der Waals surface area contributed by atoms with E-state index < -0.39 is 11.9 Å². The van der Waals surface area contributed by atoms with Gasteiger partial charge in [-0.2, -0.15) is 0 Å². The molecule has 0 aliphatic heterocycles. The van der Waals surface area contributed by atoms with Gasteiger partial charge in [0.05, 0.1) is 12.1 Å². The lowest BCUT2D eigenvalue weighted by molar-refractivity contribution is -0.136. The number of carbonyl (C=O) groups excluding carboxylic acids is 1. The standard InChI is InChI=1S/C18H15NO5/c1-10-12-4-2-3-5-15(12)24-17(10)18(23)19-13-8-11(9-16(21)22)6-7-14(13)20/h2-8,20H,9H2,1H3,(H,19,23)(H,21,22). The number of nitrogens with one attached hydrogen (secondary N) is 1. The van der Waals surface area contributed by atoms with Crippen molar-refractivity contribution in [2.45, 2.75) is 13.3 Å². The minimum Gasteiger partial charge on any atom is -0.506 e. The van der Waals surface area contributed by atoms with Gasteiger partial charge in [-0.1, -0.05) is 24.3 Å². The number of fused-ring (bicyclic) bond motifs is 1. The highest BCUT2D eigenvalue weighted by molar-refractivity contribution is 6.07. The number of carboxylic acid groups (broad SMARTS) is 1. The Hall–Kier alpha value is -3.28. The van der Waals surface area contributed by atoms with E-state index in [4.69, 9.17) is 9.52 Å². The number of hydrogen-bond donors (Lipinski definition) is 3. The van der Waals surface area contributed by atoms with Gasteiger partial charge in [0, 0.05) is 10.9 Å². The highest BCUT2D eigenvalue weighted by atomic mass is 16.4. The Labute approximate surface area is 137 Å². The summed E-state index contributed by atoms with van der Waals surface area (Å²) in [6.07, 6.45) is -0.202. The Bertz CT molecular complexity index is 942. The molecule has 0 fully saturated rings. The number of aryl methyl sites for hydroxylation is 1. The molecule has 0 aliphatic carbocycles. The van der Waals surface area contributed by atoms with Crippen molar-refractivity contribution >= 4 is 28.5 Å². The zero-order chi connectivity index (χ0) is 17.3. The minimum atomic E-state index is -0.994. The number of aliphatic carboxylic acids is 1. The second kappa shape index (κ2) is 6.08. The Morgan fingerprint density at radius 2 is 1.92 bits per heavy atom. The first-order valence-corrected chi connectivity index (χ1v) is 7.29. The molecule has 3 N–H and O–H groups in total. The second-order valence-corrected chi connectivity index (χ2v) is 5.43. The van der Waals surface area contributed by atoms with Crippen LogP contribution in [0.15, 0.2) is 46.9 Å². The first-order valence-electron chi connectivity index (χ1n) is 7.29. The number of para-hydroxylation sites is 1. The van der Waals surface area contributed by atoms with Crippen LogP contribution in [0.25, 0.3) is 11.0 Å². The number of phenolic OH excluding ortho intramolecular Hbond substituents is 1. The van der Waals surface area contributed by atoms with Crippen LogP contribution < -0.4 is 5.32 Å². The van der Waals surface area contributed by atoms with E-state index in [1.54, 1.807) is 13.0 Å². The Kier molecular flexibility index (Phi) is 3.95. The van der Waals surface area contributed by atoms with Crippen molar-refractivity contribution < 1.29 is 24.2 Å². The first-order chi connectivity index (χ1) is 11.5. The Morgan fingerprint density at radius 1 is 1.17 bits per heavy atom. The monoisotopic (exact) mass is 325 g/mol. The number of aromatic hydroxyl groups is 1. The molecule has 3 aromatic rings.